The molecule has 14 heavy (non-hydrogen) atoms. The van der Waals surface area contributed by atoms with Crippen LogP contribution in [0, 0.1) is 6.92 Å². The van der Waals surface area contributed by atoms with Crippen LogP contribution >= 0.6 is 11.3 Å². The van der Waals surface area contributed by atoms with Crippen LogP contribution in [0.1, 0.15) is 15.2 Å². The van der Waals surface area contributed by atoms with E-state index in [2.05, 4.69) is 0 Å². The molecule has 1 heterocycles. The molecule has 0 aliphatic rings. The van der Waals surface area contributed by atoms with Crippen LogP contribution in [0.2, 0.25) is 0 Å². The van der Waals surface area contributed by atoms with E-state index >= 15 is 0 Å². The molecule has 0 spiro atoms. The third kappa shape index (κ3) is 1.33. The highest BCUT2D eigenvalue weighted by atomic mass is 32.1. The normalized spacial score (nSPS) is 10.6. The van der Waals surface area contributed by atoms with Crippen LogP contribution in [0.4, 0.5) is 5.69 Å². The molecule has 1 aromatic heterocycles. The van der Waals surface area contributed by atoms with E-state index in [9.17, 15) is 4.79 Å². The number of benzene rings is 1. The SMILES string of the molecule is Cc1cc2sc(C(=O)O)cc2cc1N. The molecule has 0 fully saturated rings. The van der Waals surface area contributed by atoms with Crippen molar-refractivity contribution >= 4 is 33.1 Å². The summed E-state index contributed by atoms with van der Waals surface area (Å²) in [6.07, 6.45) is 0. The van der Waals surface area contributed by atoms with Gasteiger partial charge in [-0.1, -0.05) is 0 Å². The first kappa shape index (κ1) is 9.02. The molecule has 0 saturated heterocycles. The average Bonchev–Trinajstić information content (AvgIpc) is 2.48. The molecule has 0 aliphatic heterocycles. The number of anilines is 1. The molecule has 4 heteroatoms. The number of nitrogens with two attached hydrogens (primary N) is 1. The molecule has 3 N–H and O–H groups in total. The van der Waals surface area contributed by atoms with Gasteiger partial charge in [0, 0.05) is 10.4 Å². The fourth-order valence-corrected chi connectivity index (χ4v) is 2.29. The van der Waals surface area contributed by atoms with Crippen LogP contribution < -0.4 is 5.73 Å². The largest absolute Gasteiger partial charge is 0.477 e. The van der Waals surface area contributed by atoms with Crippen molar-refractivity contribution in [3.8, 4) is 0 Å². The van der Waals surface area contributed by atoms with E-state index in [0.717, 1.165) is 15.6 Å². The fourth-order valence-electron chi connectivity index (χ4n) is 1.31. The van der Waals surface area contributed by atoms with Gasteiger partial charge in [0.25, 0.3) is 0 Å². The first-order valence-electron chi connectivity index (χ1n) is 4.11. The van der Waals surface area contributed by atoms with Gasteiger partial charge in [-0.15, -0.1) is 11.3 Å². The van der Waals surface area contributed by atoms with Crippen molar-refractivity contribution in [1.82, 2.24) is 0 Å². The lowest BCUT2D eigenvalue weighted by Gasteiger charge is -1.98. The van der Waals surface area contributed by atoms with Crippen molar-refractivity contribution in [2.45, 2.75) is 6.92 Å². The summed E-state index contributed by atoms with van der Waals surface area (Å²) in [6.45, 7) is 1.91. The Kier molecular flexibility index (Phi) is 1.93. The Hall–Kier alpha value is -1.55. The first-order valence-corrected chi connectivity index (χ1v) is 4.92. The summed E-state index contributed by atoms with van der Waals surface area (Å²) in [7, 11) is 0. The predicted molar refractivity (Wildman–Crippen MR) is 57.9 cm³/mol. The summed E-state index contributed by atoms with van der Waals surface area (Å²) >= 11 is 1.27. The van der Waals surface area contributed by atoms with E-state index in [1.807, 2.05) is 19.1 Å². The van der Waals surface area contributed by atoms with Gasteiger partial charge in [-0.05, 0) is 36.1 Å². The molecule has 0 bridgehead atoms. The number of carboxylic acids is 1. The minimum absolute atomic E-state index is 0.352. The van der Waals surface area contributed by atoms with Gasteiger partial charge < -0.3 is 10.8 Å². The van der Waals surface area contributed by atoms with E-state index in [-0.39, 0.29) is 0 Å². The van der Waals surface area contributed by atoms with Crippen LogP contribution in [0.3, 0.4) is 0 Å². The number of carbonyl (C=O) groups is 1. The van der Waals surface area contributed by atoms with Gasteiger partial charge in [0.15, 0.2) is 0 Å². The van der Waals surface area contributed by atoms with Crippen molar-refractivity contribution in [2.24, 2.45) is 0 Å². The van der Waals surface area contributed by atoms with Crippen LogP contribution in [-0.2, 0) is 0 Å². The highest BCUT2D eigenvalue weighted by Crippen LogP contribution is 2.29. The second-order valence-electron chi connectivity index (χ2n) is 3.16. The number of fused-ring (bicyclic) bond motifs is 1. The first-order chi connectivity index (χ1) is 6.58. The lowest BCUT2D eigenvalue weighted by atomic mass is 10.1. The Balaban J connectivity index is 2.72. The van der Waals surface area contributed by atoms with Gasteiger partial charge >= 0.3 is 5.97 Å². The molecule has 3 nitrogen and oxygen atoms in total. The van der Waals surface area contributed by atoms with Crippen LogP contribution in [0.5, 0.6) is 0 Å². The van der Waals surface area contributed by atoms with Crippen LogP contribution in [-0.4, -0.2) is 11.1 Å². The van der Waals surface area contributed by atoms with Gasteiger partial charge in [0.1, 0.15) is 4.88 Å². The molecule has 0 aliphatic carbocycles. The zero-order valence-corrected chi connectivity index (χ0v) is 8.39. The van der Waals surface area contributed by atoms with E-state index < -0.39 is 5.97 Å². The Morgan fingerprint density at radius 2 is 2.14 bits per heavy atom. The zero-order chi connectivity index (χ0) is 10.3. The van der Waals surface area contributed by atoms with E-state index in [1.54, 1.807) is 6.07 Å². The fraction of sp³-hybridized carbons (Fsp3) is 0.100. The molecule has 72 valence electrons. The summed E-state index contributed by atoms with van der Waals surface area (Å²) in [6, 6.07) is 5.38. The molecule has 2 aromatic rings. The van der Waals surface area contributed by atoms with Gasteiger partial charge in [-0.3, -0.25) is 0 Å². The Labute approximate surface area is 84.8 Å². The molecule has 0 atom stereocenters. The number of hydrogen-bond donors (Lipinski definition) is 2. The van der Waals surface area contributed by atoms with Gasteiger partial charge in [-0.25, -0.2) is 4.79 Å². The Bertz CT molecular complexity index is 477. The summed E-state index contributed by atoms with van der Waals surface area (Å²) in [4.78, 5) is 11.1. The molecule has 0 saturated carbocycles. The van der Waals surface area contributed by atoms with Crippen LogP contribution in [0.15, 0.2) is 18.2 Å². The number of aromatic carboxylic acids is 1. The maximum atomic E-state index is 10.7. The van der Waals surface area contributed by atoms with Crippen molar-refractivity contribution < 1.29 is 9.90 Å². The highest BCUT2D eigenvalue weighted by Gasteiger charge is 2.09. The second kappa shape index (κ2) is 2.99. The summed E-state index contributed by atoms with van der Waals surface area (Å²) in [5, 5.41) is 9.70. The molecule has 2 rings (SSSR count). The third-order valence-electron chi connectivity index (χ3n) is 2.12. The van der Waals surface area contributed by atoms with Gasteiger partial charge in [-0.2, -0.15) is 0 Å². The van der Waals surface area contributed by atoms with Crippen molar-refractivity contribution in [3.05, 3.63) is 28.6 Å². The molecule has 0 amide bonds. The number of carboxylic acid groups (broad SMARTS) is 1. The predicted octanol–water partition coefficient (Wildman–Crippen LogP) is 2.49. The molecule has 0 unspecified atom stereocenters. The number of hydrogen-bond acceptors (Lipinski definition) is 3. The highest BCUT2D eigenvalue weighted by molar-refractivity contribution is 7.20. The van der Waals surface area contributed by atoms with Gasteiger partial charge in [0.2, 0.25) is 0 Å². The molecular weight excluding hydrogens is 198 g/mol. The van der Waals surface area contributed by atoms with Crippen molar-refractivity contribution in [3.63, 3.8) is 0 Å². The minimum atomic E-state index is -0.887. The number of nitrogen functional groups attached to an aromatic ring is 1. The van der Waals surface area contributed by atoms with Crippen molar-refractivity contribution in [1.29, 1.82) is 0 Å². The van der Waals surface area contributed by atoms with E-state index in [0.29, 0.717) is 10.6 Å². The molecule has 1 aromatic carbocycles. The number of thiophene rings is 1. The van der Waals surface area contributed by atoms with Crippen LogP contribution in [0.25, 0.3) is 10.1 Å². The summed E-state index contributed by atoms with van der Waals surface area (Å²) in [5.74, 6) is -0.887. The lowest BCUT2D eigenvalue weighted by molar-refractivity contribution is 0.0702. The summed E-state index contributed by atoms with van der Waals surface area (Å²) in [5.41, 5.74) is 7.41. The maximum Gasteiger partial charge on any atom is 0.345 e. The quantitative estimate of drug-likeness (QED) is 0.706. The lowest BCUT2D eigenvalue weighted by Crippen LogP contribution is -1.89. The Morgan fingerprint density at radius 3 is 2.79 bits per heavy atom. The zero-order valence-electron chi connectivity index (χ0n) is 7.57. The average molecular weight is 207 g/mol. The minimum Gasteiger partial charge on any atom is -0.477 e. The van der Waals surface area contributed by atoms with Crippen molar-refractivity contribution in [2.75, 3.05) is 5.73 Å². The Morgan fingerprint density at radius 1 is 1.43 bits per heavy atom. The molecule has 0 radical (unpaired) electrons. The van der Waals surface area contributed by atoms with E-state index in [1.165, 1.54) is 11.3 Å². The third-order valence-corrected chi connectivity index (χ3v) is 3.20. The monoisotopic (exact) mass is 207 g/mol. The summed E-state index contributed by atoms with van der Waals surface area (Å²) < 4.78 is 0.967. The smallest absolute Gasteiger partial charge is 0.345 e. The molecular formula is C10H9NO2S. The second-order valence-corrected chi connectivity index (χ2v) is 4.25. The van der Waals surface area contributed by atoms with Gasteiger partial charge in [0.05, 0.1) is 0 Å². The van der Waals surface area contributed by atoms with E-state index in [4.69, 9.17) is 10.8 Å². The number of aryl methyl sites for hydroxylation is 1. The standard InChI is InChI=1S/C10H9NO2S/c1-5-2-8-6(3-7(5)11)4-9(14-8)10(12)13/h2-4H,11H2,1H3,(H,12,13). The maximum absolute atomic E-state index is 10.7. The number of rotatable bonds is 1. The topological polar surface area (TPSA) is 63.3 Å².